The molecule has 0 radical (unpaired) electrons. The fourth-order valence-corrected chi connectivity index (χ4v) is 2.83. The third kappa shape index (κ3) is 7.59. The summed E-state index contributed by atoms with van der Waals surface area (Å²) in [7, 11) is 0. The maximum Gasteiger partial charge on any atom is 0.406 e. The summed E-state index contributed by atoms with van der Waals surface area (Å²) in [4.78, 5) is 36.7. The highest BCUT2D eigenvalue weighted by Gasteiger charge is 2.40. The van der Waals surface area contributed by atoms with E-state index in [1.54, 1.807) is 37.3 Å². The fraction of sp³-hybridized carbons (Fsp3) is 0.450. The number of esters is 1. The van der Waals surface area contributed by atoms with Crippen LogP contribution in [0.1, 0.15) is 32.3 Å². The van der Waals surface area contributed by atoms with Gasteiger partial charge >= 0.3 is 12.1 Å². The van der Waals surface area contributed by atoms with E-state index in [2.05, 4.69) is 5.32 Å². The van der Waals surface area contributed by atoms with Crippen LogP contribution in [0.25, 0.3) is 6.08 Å². The van der Waals surface area contributed by atoms with E-state index in [0.29, 0.717) is 10.5 Å². The molecule has 2 amide bonds. The van der Waals surface area contributed by atoms with Crippen molar-refractivity contribution in [2.45, 2.75) is 38.9 Å². The molecule has 0 saturated heterocycles. The first kappa shape index (κ1) is 22.4. The van der Waals surface area contributed by atoms with Crippen LogP contribution in [0.5, 0.6) is 0 Å². The molecule has 0 heterocycles. The van der Waals surface area contributed by atoms with Gasteiger partial charge in [0.15, 0.2) is 6.61 Å². The van der Waals surface area contributed by atoms with Crippen molar-refractivity contribution < 1.29 is 32.3 Å². The molecule has 0 spiro atoms. The molecule has 0 aromatic heterocycles. The van der Waals surface area contributed by atoms with Gasteiger partial charge in [0.05, 0.1) is 0 Å². The zero-order valence-electron chi connectivity index (χ0n) is 16.2. The molecular formula is C20H23F3N2O4. The number of alkyl halides is 3. The van der Waals surface area contributed by atoms with E-state index < -0.39 is 43.2 Å². The zero-order chi connectivity index (χ0) is 21.6. The molecule has 158 valence electrons. The molecule has 2 rings (SSSR count). The molecule has 0 unspecified atom stereocenters. The lowest BCUT2D eigenvalue weighted by molar-refractivity contribution is -0.170. The summed E-state index contributed by atoms with van der Waals surface area (Å²) in [6.45, 7) is 0.498. The molecule has 1 atom stereocenters. The second-order valence-corrected chi connectivity index (χ2v) is 6.94. The molecule has 1 aromatic carbocycles. The minimum absolute atomic E-state index is 0.0184. The van der Waals surface area contributed by atoms with Crippen LogP contribution in [0.3, 0.4) is 0 Å². The number of nitrogens with one attached hydrogen (secondary N) is 1. The van der Waals surface area contributed by atoms with E-state index >= 15 is 0 Å². The SMILES string of the molecule is CC(=O)N/C(=C\c1ccccc1)C(=O)OCC(=O)N(CC(F)(F)F)[C@@H](C)C1CC1. The predicted molar refractivity (Wildman–Crippen MR) is 99.1 cm³/mol. The lowest BCUT2D eigenvalue weighted by Gasteiger charge is -2.30. The third-order valence-electron chi connectivity index (χ3n) is 4.43. The normalized spacial score (nSPS) is 15.4. The summed E-state index contributed by atoms with van der Waals surface area (Å²) in [6, 6.07) is 7.98. The van der Waals surface area contributed by atoms with Crippen LogP contribution in [0, 0.1) is 5.92 Å². The number of hydrogen-bond acceptors (Lipinski definition) is 4. The van der Waals surface area contributed by atoms with Gasteiger partial charge in [0.25, 0.3) is 5.91 Å². The standard InChI is InChI=1S/C20H23F3N2O4/c1-13(16-8-9-16)25(12-20(21,22)23)18(27)11-29-19(28)17(24-14(2)26)10-15-6-4-3-5-7-15/h3-7,10,13,16H,8-9,11-12H2,1-2H3,(H,24,26)/b17-10-/t13-/m0/s1. The van der Waals surface area contributed by atoms with Gasteiger partial charge in [-0.05, 0) is 37.3 Å². The highest BCUT2D eigenvalue weighted by Crippen LogP contribution is 2.36. The molecule has 1 fully saturated rings. The molecule has 6 nitrogen and oxygen atoms in total. The summed E-state index contributed by atoms with van der Waals surface area (Å²) >= 11 is 0. The molecule has 1 N–H and O–H groups in total. The van der Waals surface area contributed by atoms with Gasteiger partial charge in [0.2, 0.25) is 5.91 Å². The summed E-state index contributed by atoms with van der Waals surface area (Å²) in [5.74, 6) is -2.46. The van der Waals surface area contributed by atoms with E-state index in [1.165, 1.54) is 13.0 Å². The summed E-state index contributed by atoms with van der Waals surface area (Å²) < 4.78 is 43.5. The largest absolute Gasteiger partial charge is 0.451 e. The van der Waals surface area contributed by atoms with Crippen molar-refractivity contribution in [2.75, 3.05) is 13.2 Å². The minimum Gasteiger partial charge on any atom is -0.451 e. The van der Waals surface area contributed by atoms with Crippen LogP contribution in [0.4, 0.5) is 13.2 Å². The van der Waals surface area contributed by atoms with Crippen LogP contribution in [0.2, 0.25) is 0 Å². The van der Waals surface area contributed by atoms with Crippen molar-refractivity contribution in [1.82, 2.24) is 10.2 Å². The lowest BCUT2D eigenvalue weighted by atomic mass is 10.2. The average molecular weight is 412 g/mol. The number of hydrogen-bond donors (Lipinski definition) is 1. The number of carbonyl (C=O) groups excluding carboxylic acids is 3. The Balaban J connectivity index is 2.07. The molecule has 1 aromatic rings. The van der Waals surface area contributed by atoms with Crippen LogP contribution in [-0.4, -0.2) is 48.1 Å². The zero-order valence-corrected chi connectivity index (χ0v) is 16.2. The van der Waals surface area contributed by atoms with Gasteiger partial charge < -0.3 is 15.0 Å². The number of rotatable bonds is 8. The molecule has 0 bridgehead atoms. The second-order valence-electron chi connectivity index (χ2n) is 6.94. The van der Waals surface area contributed by atoms with Crippen molar-refractivity contribution in [3.8, 4) is 0 Å². The Kier molecular flexibility index (Phi) is 7.41. The van der Waals surface area contributed by atoms with Crippen molar-refractivity contribution in [3.63, 3.8) is 0 Å². The van der Waals surface area contributed by atoms with Crippen LogP contribution < -0.4 is 5.32 Å². The van der Waals surface area contributed by atoms with E-state index in [9.17, 15) is 27.6 Å². The van der Waals surface area contributed by atoms with E-state index in [0.717, 1.165) is 12.8 Å². The van der Waals surface area contributed by atoms with Gasteiger partial charge in [0, 0.05) is 13.0 Å². The maximum absolute atomic E-state index is 12.9. The first-order valence-corrected chi connectivity index (χ1v) is 9.14. The molecule has 1 aliphatic rings. The molecular weight excluding hydrogens is 389 g/mol. The van der Waals surface area contributed by atoms with Gasteiger partial charge in [-0.1, -0.05) is 30.3 Å². The summed E-state index contributed by atoms with van der Waals surface area (Å²) in [5, 5.41) is 2.31. The van der Waals surface area contributed by atoms with E-state index in [-0.39, 0.29) is 11.6 Å². The highest BCUT2D eigenvalue weighted by molar-refractivity contribution is 5.98. The third-order valence-corrected chi connectivity index (χ3v) is 4.43. The first-order chi connectivity index (χ1) is 13.6. The maximum atomic E-state index is 12.9. The van der Waals surface area contributed by atoms with Crippen LogP contribution >= 0.6 is 0 Å². The number of ether oxygens (including phenoxy) is 1. The van der Waals surface area contributed by atoms with Gasteiger partial charge in [-0.2, -0.15) is 13.2 Å². The quantitative estimate of drug-likeness (QED) is 0.526. The number of benzene rings is 1. The van der Waals surface area contributed by atoms with E-state index in [4.69, 9.17) is 4.74 Å². The Labute approximate surface area is 166 Å². The smallest absolute Gasteiger partial charge is 0.406 e. The molecule has 9 heteroatoms. The number of amides is 2. The van der Waals surface area contributed by atoms with Gasteiger partial charge in [-0.3, -0.25) is 9.59 Å². The molecule has 1 aliphatic carbocycles. The Morgan fingerprint density at radius 1 is 1.24 bits per heavy atom. The molecule has 29 heavy (non-hydrogen) atoms. The van der Waals surface area contributed by atoms with Gasteiger partial charge in [-0.15, -0.1) is 0 Å². The van der Waals surface area contributed by atoms with Crippen molar-refractivity contribution in [1.29, 1.82) is 0 Å². The number of halogens is 3. The Morgan fingerprint density at radius 2 is 1.86 bits per heavy atom. The van der Waals surface area contributed by atoms with Crippen LogP contribution in [-0.2, 0) is 19.1 Å². The molecule has 0 aliphatic heterocycles. The average Bonchev–Trinajstić information content (AvgIpc) is 3.48. The Hall–Kier alpha value is -2.84. The monoisotopic (exact) mass is 412 g/mol. The second kappa shape index (κ2) is 9.58. The Bertz CT molecular complexity index is 774. The highest BCUT2D eigenvalue weighted by atomic mass is 19.4. The first-order valence-electron chi connectivity index (χ1n) is 9.14. The lowest BCUT2D eigenvalue weighted by Crippen LogP contribution is -2.47. The van der Waals surface area contributed by atoms with Gasteiger partial charge in [0.1, 0.15) is 12.2 Å². The van der Waals surface area contributed by atoms with E-state index in [1.807, 2.05) is 0 Å². The number of carbonyl (C=O) groups is 3. The predicted octanol–water partition coefficient (Wildman–Crippen LogP) is 2.90. The van der Waals surface area contributed by atoms with Gasteiger partial charge in [-0.25, -0.2) is 4.79 Å². The Morgan fingerprint density at radius 3 is 2.38 bits per heavy atom. The number of nitrogens with zero attached hydrogens (tertiary/aromatic N) is 1. The minimum atomic E-state index is -4.56. The topological polar surface area (TPSA) is 75.7 Å². The summed E-state index contributed by atoms with van der Waals surface area (Å²) in [6.07, 6.45) is -1.68. The molecule has 1 saturated carbocycles. The van der Waals surface area contributed by atoms with Crippen molar-refractivity contribution in [2.24, 2.45) is 5.92 Å². The summed E-state index contributed by atoms with van der Waals surface area (Å²) in [5.41, 5.74) is 0.384. The fourth-order valence-electron chi connectivity index (χ4n) is 2.83. The van der Waals surface area contributed by atoms with Crippen molar-refractivity contribution >= 4 is 23.9 Å². The van der Waals surface area contributed by atoms with Crippen molar-refractivity contribution in [3.05, 3.63) is 41.6 Å². The van der Waals surface area contributed by atoms with Crippen LogP contribution in [0.15, 0.2) is 36.0 Å².